The van der Waals surface area contributed by atoms with Crippen LogP contribution in [-0.2, 0) is 0 Å². The predicted molar refractivity (Wildman–Crippen MR) is 228 cm³/mol. The van der Waals surface area contributed by atoms with Gasteiger partial charge in [-0.25, -0.2) is 24.9 Å². The first kappa shape index (κ1) is 32.1. The monoisotopic (exact) mass is 735 g/mol. The second kappa shape index (κ2) is 13.2. The molecule has 11 rings (SSSR count). The lowest BCUT2D eigenvalue weighted by molar-refractivity contribution is 0.670. The third-order valence-corrected chi connectivity index (χ3v) is 11.3. The van der Waals surface area contributed by atoms with Gasteiger partial charge in [0.25, 0.3) is 0 Å². The maximum Gasteiger partial charge on any atom is 0.164 e. The SMILES string of the molecule is c1ccc(-c2ccc(-c3nc(-c4cccc5c4oc4ccc(-c6nc(-c7ccccc7)nc(-c7ccccc7)n6)cc45)c4sc5ccccc5c4n3)cc2)cc1. The number of fused-ring (bicyclic) bond motifs is 6. The topological polar surface area (TPSA) is 77.6 Å². The van der Waals surface area contributed by atoms with Crippen molar-refractivity contribution in [2.45, 2.75) is 0 Å². The highest BCUT2D eigenvalue weighted by molar-refractivity contribution is 7.26. The molecule has 4 heterocycles. The molecule has 0 radical (unpaired) electrons. The molecule has 11 aromatic rings. The minimum absolute atomic E-state index is 0.593. The van der Waals surface area contributed by atoms with E-state index in [4.69, 9.17) is 29.3 Å². The minimum atomic E-state index is 0.593. The Hall–Kier alpha value is -7.35. The molecule has 7 heteroatoms. The van der Waals surface area contributed by atoms with Gasteiger partial charge >= 0.3 is 0 Å². The van der Waals surface area contributed by atoms with Crippen LogP contribution in [0.1, 0.15) is 0 Å². The smallest absolute Gasteiger partial charge is 0.164 e. The Morgan fingerprint density at radius 3 is 1.59 bits per heavy atom. The van der Waals surface area contributed by atoms with Gasteiger partial charge in [-0.05, 0) is 41.5 Å². The molecule has 0 saturated carbocycles. The van der Waals surface area contributed by atoms with Crippen molar-refractivity contribution in [3.05, 3.63) is 176 Å². The molecule has 0 saturated heterocycles. The molecule has 7 aromatic carbocycles. The van der Waals surface area contributed by atoms with Crippen LogP contribution in [0.5, 0.6) is 0 Å². The standard InChI is InChI=1S/C49H29N5OS/c1-4-13-30(14-5-1)31-23-25-34(26-24-31)46-50-42-37-19-10-11-22-41(37)56-45(42)43(51-46)38-21-12-20-36-39-29-35(27-28-40(39)55-44(36)38)49-53-47(32-15-6-2-7-16-32)52-48(54-49)33-17-8-3-9-18-33/h1-29H. The lowest BCUT2D eigenvalue weighted by Crippen LogP contribution is -2.00. The van der Waals surface area contributed by atoms with Gasteiger partial charge in [0.15, 0.2) is 23.3 Å². The molecular formula is C49H29N5OS. The van der Waals surface area contributed by atoms with Crippen LogP contribution in [0, 0.1) is 0 Å². The summed E-state index contributed by atoms with van der Waals surface area (Å²) in [6, 6.07) is 59.8. The van der Waals surface area contributed by atoms with Crippen LogP contribution in [0.4, 0.5) is 0 Å². The van der Waals surface area contributed by atoms with Crippen molar-refractivity contribution in [2.24, 2.45) is 0 Å². The van der Waals surface area contributed by atoms with Crippen molar-refractivity contribution in [3.63, 3.8) is 0 Å². The van der Waals surface area contributed by atoms with E-state index in [2.05, 4.69) is 97.1 Å². The van der Waals surface area contributed by atoms with Crippen LogP contribution in [0.15, 0.2) is 180 Å². The lowest BCUT2D eigenvalue weighted by Gasteiger charge is -2.09. The number of rotatable bonds is 6. The minimum Gasteiger partial charge on any atom is -0.455 e. The van der Waals surface area contributed by atoms with Gasteiger partial charge in [0.2, 0.25) is 0 Å². The summed E-state index contributed by atoms with van der Waals surface area (Å²) in [6.07, 6.45) is 0. The third kappa shape index (κ3) is 5.52. The molecule has 262 valence electrons. The molecule has 4 aromatic heterocycles. The molecule has 0 spiro atoms. The highest BCUT2D eigenvalue weighted by Crippen LogP contribution is 2.43. The molecule has 0 aliphatic rings. The summed E-state index contributed by atoms with van der Waals surface area (Å²) >= 11 is 1.71. The maximum absolute atomic E-state index is 6.74. The van der Waals surface area contributed by atoms with Crippen LogP contribution >= 0.6 is 11.3 Å². The Kier molecular flexibility index (Phi) is 7.57. The van der Waals surface area contributed by atoms with E-state index < -0.39 is 0 Å². The Bertz CT molecular complexity index is 3180. The van der Waals surface area contributed by atoms with Crippen LogP contribution in [-0.4, -0.2) is 24.9 Å². The van der Waals surface area contributed by atoms with Crippen molar-refractivity contribution in [1.82, 2.24) is 24.9 Å². The molecule has 0 amide bonds. The number of furan rings is 1. The number of thiophene rings is 1. The van der Waals surface area contributed by atoms with Crippen molar-refractivity contribution in [3.8, 4) is 67.9 Å². The fraction of sp³-hybridized carbons (Fsp3) is 0. The molecule has 0 fully saturated rings. The van der Waals surface area contributed by atoms with E-state index in [0.717, 1.165) is 81.3 Å². The molecule has 0 N–H and O–H groups in total. The first-order chi connectivity index (χ1) is 27.7. The first-order valence-electron chi connectivity index (χ1n) is 18.4. The zero-order valence-electron chi connectivity index (χ0n) is 29.8. The van der Waals surface area contributed by atoms with Gasteiger partial charge < -0.3 is 4.42 Å². The van der Waals surface area contributed by atoms with Gasteiger partial charge in [-0.2, -0.15) is 0 Å². The predicted octanol–water partition coefficient (Wildman–Crippen LogP) is 12.9. The fourth-order valence-electron chi connectivity index (χ4n) is 7.41. The second-order valence-electron chi connectivity index (χ2n) is 13.6. The Labute approximate surface area is 325 Å². The summed E-state index contributed by atoms with van der Waals surface area (Å²) in [5.41, 5.74) is 10.2. The summed E-state index contributed by atoms with van der Waals surface area (Å²) in [5, 5.41) is 3.07. The average molecular weight is 736 g/mol. The van der Waals surface area contributed by atoms with Gasteiger partial charge in [-0.3, -0.25) is 0 Å². The molecule has 56 heavy (non-hydrogen) atoms. The molecule has 0 aliphatic carbocycles. The summed E-state index contributed by atoms with van der Waals surface area (Å²) < 4.78 is 8.93. The zero-order valence-corrected chi connectivity index (χ0v) is 30.6. The maximum atomic E-state index is 6.74. The van der Waals surface area contributed by atoms with Crippen LogP contribution in [0.3, 0.4) is 0 Å². The average Bonchev–Trinajstić information content (AvgIpc) is 3.85. The number of aromatic nitrogens is 5. The molecule has 6 nitrogen and oxygen atoms in total. The van der Waals surface area contributed by atoms with E-state index in [9.17, 15) is 0 Å². The van der Waals surface area contributed by atoms with Crippen molar-refractivity contribution >= 4 is 53.6 Å². The van der Waals surface area contributed by atoms with Gasteiger partial charge in [0, 0.05) is 48.7 Å². The normalized spacial score (nSPS) is 11.6. The quantitative estimate of drug-likeness (QED) is 0.169. The molecule has 0 aliphatic heterocycles. The fourth-order valence-corrected chi connectivity index (χ4v) is 8.55. The van der Waals surface area contributed by atoms with Gasteiger partial charge in [0.05, 0.1) is 15.9 Å². The van der Waals surface area contributed by atoms with Gasteiger partial charge in [-0.15, -0.1) is 11.3 Å². The summed E-state index contributed by atoms with van der Waals surface area (Å²) in [7, 11) is 0. The lowest BCUT2D eigenvalue weighted by atomic mass is 10.0. The number of hydrogen-bond donors (Lipinski definition) is 0. The number of para-hydroxylation sites is 1. The molecule has 0 bridgehead atoms. The molecular weight excluding hydrogens is 707 g/mol. The number of nitrogens with zero attached hydrogens (tertiary/aromatic N) is 5. The highest BCUT2D eigenvalue weighted by atomic mass is 32.1. The van der Waals surface area contributed by atoms with Gasteiger partial charge in [0.1, 0.15) is 11.2 Å². The van der Waals surface area contributed by atoms with E-state index in [1.54, 1.807) is 11.3 Å². The Morgan fingerprint density at radius 2 is 0.893 bits per heavy atom. The zero-order chi connectivity index (χ0) is 37.0. The van der Waals surface area contributed by atoms with E-state index in [1.807, 2.05) is 78.9 Å². The number of hydrogen-bond acceptors (Lipinski definition) is 7. The van der Waals surface area contributed by atoms with Crippen LogP contribution in [0.2, 0.25) is 0 Å². The largest absolute Gasteiger partial charge is 0.455 e. The van der Waals surface area contributed by atoms with E-state index in [-0.39, 0.29) is 0 Å². The molecule has 0 atom stereocenters. The Morgan fingerprint density at radius 1 is 0.375 bits per heavy atom. The van der Waals surface area contributed by atoms with Gasteiger partial charge in [-0.1, -0.05) is 146 Å². The van der Waals surface area contributed by atoms with Crippen LogP contribution in [0.25, 0.3) is 110 Å². The summed E-state index contributed by atoms with van der Waals surface area (Å²) in [6.45, 7) is 0. The van der Waals surface area contributed by atoms with Crippen molar-refractivity contribution < 1.29 is 4.42 Å². The van der Waals surface area contributed by atoms with Crippen molar-refractivity contribution in [2.75, 3.05) is 0 Å². The number of benzene rings is 7. The highest BCUT2D eigenvalue weighted by Gasteiger charge is 2.21. The second-order valence-corrected chi connectivity index (χ2v) is 14.7. The first-order valence-corrected chi connectivity index (χ1v) is 19.2. The van der Waals surface area contributed by atoms with E-state index in [0.29, 0.717) is 23.3 Å². The molecule has 0 unspecified atom stereocenters. The summed E-state index contributed by atoms with van der Waals surface area (Å²) in [4.78, 5) is 25.4. The third-order valence-electron chi connectivity index (χ3n) is 10.2. The Balaban J connectivity index is 1.08. The van der Waals surface area contributed by atoms with Crippen LogP contribution < -0.4 is 0 Å². The van der Waals surface area contributed by atoms with E-state index in [1.165, 1.54) is 5.56 Å². The summed E-state index contributed by atoms with van der Waals surface area (Å²) in [5.74, 6) is 2.51. The van der Waals surface area contributed by atoms with Crippen molar-refractivity contribution in [1.29, 1.82) is 0 Å². The van der Waals surface area contributed by atoms with E-state index >= 15 is 0 Å².